The lowest BCUT2D eigenvalue weighted by molar-refractivity contribution is 0.0516. The van der Waals surface area contributed by atoms with Gasteiger partial charge < -0.3 is 44.4 Å². The summed E-state index contributed by atoms with van der Waals surface area (Å²) in [6, 6.07) is 30.6. The zero-order valence-electron chi connectivity index (χ0n) is 55.0. The predicted octanol–water partition coefficient (Wildman–Crippen LogP) is 11.1. The van der Waals surface area contributed by atoms with Crippen LogP contribution in [0.3, 0.4) is 0 Å². The zero-order valence-corrected chi connectivity index (χ0v) is 55.0. The maximum atomic E-state index is 14.9. The van der Waals surface area contributed by atoms with Crippen LogP contribution in [-0.4, -0.2) is 206 Å². The van der Waals surface area contributed by atoms with E-state index in [1.165, 1.54) is 40.3 Å². The third kappa shape index (κ3) is 13.2. The monoisotopic (exact) mass is 1230 g/mol. The number of H-pyrrole nitrogens is 3. The number of likely N-dealkylation sites (N-methyl/N-ethyl adjacent to an activating group) is 3. The second-order valence-electron chi connectivity index (χ2n) is 26.8. The van der Waals surface area contributed by atoms with Gasteiger partial charge in [0, 0.05) is 104 Å². The maximum absolute atomic E-state index is 14.9. The average molecular weight is 1230 g/mol. The van der Waals surface area contributed by atoms with Gasteiger partial charge in [0.2, 0.25) is 0 Å². The summed E-state index contributed by atoms with van der Waals surface area (Å²) in [6.45, 7) is 19.1. The Morgan fingerprint density at radius 3 is 1.16 bits per heavy atom. The number of aromatic amines is 3. The molecule has 20 heteroatoms. The van der Waals surface area contributed by atoms with E-state index in [0.717, 1.165) is 178 Å². The van der Waals surface area contributed by atoms with Crippen molar-refractivity contribution in [3.8, 4) is 0 Å². The van der Waals surface area contributed by atoms with E-state index in [1.807, 2.05) is 18.3 Å². The Morgan fingerprint density at radius 1 is 0.385 bits per heavy atom. The number of likely N-dealkylation sites (tertiary alicyclic amines) is 3. The molecule has 0 saturated carbocycles. The Bertz CT molecular complexity index is 3730. The highest BCUT2D eigenvalue weighted by molar-refractivity contribution is 5.91. The van der Waals surface area contributed by atoms with E-state index in [0.29, 0.717) is 18.9 Å². The first-order valence-corrected chi connectivity index (χ1v) is 33.4. The molecule has 0 spiro atoms. The second-order valence-corrected chi connectivity index (χ2v) is 26.8. The minimum absolute atomic E-state index is 0.0553. The number of para-hydroxylation sites is 3. The fourth-order valence-electron chi connectivity index (χ4n) is 15.2. The van der Waals surface area contributed by atoms with E-state index in [-0.39, 0.29) is 30.2 Å². The van der Waals surface area contributed by atoms with Crippen molar-refractivity contribution in [3.05, 3.63) is 155 Å². The number of hydrogen-bond donors (Lipinski definition) is 3. The van der Waals surface area contributed by atoms with Gasteiger partial charge in [-0.2, -0.15) is 10.2 Å². The van der Waals surface area contributed by atoms with Crippen LogP contribution in [-0.2, 0) is 0 Å². The number of anilines is 3. The standard InChI is InChI=1S/C24H31FN6.C24H32N6.C23H31N7/c1-16-6-5-9-26-22(16)20-14-17(25)15-21(30(20)3)24-27-18-7-4-8-19(23(18)28-24)31-12-10-29(2)11-13-31;1-17-7-6-12-25-22(17)19-9-5-11-21(29(19)3)24-26-18-8-4-10-20(23(18)27-24)30-15-13-28(2)14-16-30;1-16-10-11-24-27-21(16)18-7-5-9-20(29(18)3)23-25-17-6-4-8-19(22(17)26-23)30-14-12-28(2)13-15-30/h4-9,17,20-21H,10-15H2,1-3H3,(H,27,28);4,6-8,10,12,19,21H,5,9,11,13-16H2,1-3H3,(H,26,27);4,6,8,10-11,18,20H,5,7,9,12-15H2,1-3H3,(H,25,26). The second kappa shape index (κ2) is 27.4. The van der Waals surface area contributed by atoms with Gasteiger partial charge in [0.15, 0.2) is 0 Å². The molecule has 6 aliphatic rings. The summed E-state index contributed by atoms with van der Waals surface area (Å²) in [7, 11) is 13.1. The number of imidazole rings is 3. The third-order valence-electron chi connectivity index (χ3n) is 20.8. The van der Waals surface area contributed by atoms with Crippen LogP contribution in [0.2, 0.25) is 0 Å². The molecule has 19 nitrogen and oxygen atoms in total. The van der Waals surface area contributed by atoms with E-state index in [1.54, 1.807) is 12.4 Å². The van der Waals surface area contributed by atoms with E-state index in [9.17, 15) is 4.39 Å². The van der Waals surface area contributed by atoms with Crippen LogP contribution in [0.15, 0.2) is 104 Å². The van der Waals surface area contributed by atoms with Crippen molar-refractivity contribution < 1.29 is 4.39 Å². The SMILES string of the molecule is Cc1cccnc1C1CC(F)CC(c2nc3c(N4CCN(C)CC4)cccc3[nH]2)N1C.Cc1cccnc1C1CCCC(c2nc3c(N4CCN(C)CC4)cccc3[nH]2)N1C.Cc1ccnnc1C1CCCC(c2nc3c(N4CCN(C)CC4)cccc3[nH]2)N1C. The number of hydrogen-bond acceptors (Lipinski definition) is 16. The Hall–Kier alpha value is -7.46. The molecule has 3 N–H and O–H groups in total. The van der Waals surface area contributed by atoms with Gasteiger partial charge in [-0.15, -0.1) is 0 Å². The fourth-order valence-corrected chi connectivity index (χ4v) is 15.2. The predicted molar refractivity (Wildman–Crippen MR) is 364 cm³/mol. The molecule has 7 unspecified atom stereocenters. The van der Waals surface area contributed by atoms with Crippen molar-refractivity contribution in [2.24, 2.45) is 0 Å². The van der Waals surface area contributed by atoms with Crippen LogP contribution < -0.4 is 14.7 Å². The van der Waals surface area contributed by atoms with Gasteiger partial charge in [-0.1, -0.05) is 30.3 Å². The molecule has 6 saturated heterocycles. The van der Waals surface area contributed by atoms with Crippen LogP contribution in [0.25, 0.3) is 33.1 Å². The highest BCUT2D eigenvalue weighted by Crippen LogP contribution is 2.45. The summed E-state index contributed by atoms with van der Waals surface area (Å²) in [5, 5.41) is 8.62. The molecule has 6 fully saturated rings. The topological polar surface area (TPSA) is 167 Å². The van der Waals surface area contributed by atoms with Crippen molar-refractivity contribution in [2.45, 2.75) is 115 Å². The molecule has 7 atom stereocenters. The van der Waals surface area contributed by atoms with Gasteiger partial charge in [-0.25, -0.2) is 19.3 Å². The largest absolute Gasteiger partial charge is 0.367 e. The number of fused-ring (bicyclic) bond motifs is 3. The smallest absolute Gasteiger partial charge is 0.124 e. The average Bonchev–Trinajstić information content (AvgIpc) is 1.79. The normalized spacial score (nSPS) is 24.6. The lowest BCUT2D eigenvalue weighted by Crippen LogP contribution is -2.44. The summed E-state index contributed by atoms with van der Waals surface area (Å²) in [4.78, 5) is 57.1. The van der Waals surface area contributed by atoms with Crippen LogP contribution in [0.5, 0.6) is 0 Å². The number of halogens is 1. The van der Waals surface area contributed by atoms with Gasteiger partial charge >= 0.3 is 0 Å². The molecule has 9 aromatic rings. The summed E-state index contributed by atoms with van der Waals surface area (Å²) in [5.74, 6) is 3.01. The minimum atomic E-state index is -0.877. The number of piperazine rings is 3. The third-order valence-corrected chi connectivity index (χ3v) is 20.8. The first kappa shape index (κ1) is 62.4. The lowest BCUT2D eigenvalue weighted by Gasteiger charge is -2.40. The van der Waals surface area contributed by atoms with Crippen LogP contribution in [0.1, 0.15) is 139 Å². The van der Waals surface area contributed by atoms with Crippen molar-refractivity contribution >= 4 is 50.2 Å². The number of nitrogens with zero attached hydrogens (tertiary/aromatic N) is 16. The van der Waals surface area contributed by atoms with Gasteiger partial charge in [0.1, 0.15) is 40.2 Å². The molecule has 15 rings (SSSR count). The van der Waals surface area contributed by atoms with E-state index >= 15 is 0 Å². The molecule has 12 heterocycles. The van der Waals surface area contributed by atoms with Crippen LogP contribution >= 0.6 is 0 Å². The van der Waals surface area contributed by atoms with Gasteiger partial charge in [0.25, 0.3) is 0 Å². The lowest BCUT2D eigenvalue weighted by atomic mass is 9.90. The van der Waals surface area contributed by atoms with Gasteiger partial charge in [0.05, 0.1) is 86.9 Å². The Morgan fingerprint density at radius 2 is 0.747 bits per heavy atom. The van der Waals surface area contributed by atoms with Gasteiger partial charge in [-0.3, -0.25) is 24.7 Å². The molecular weight excluding hydrogens is 1140 g/mol. The van der Waals surface area contributed by atoms with E-state index < -0.39 is 6.17 Å². The number of piperidine rings is 3. The number of rotatable bonds is 9. The Labute approximate surface area is 536 Å². The molecule has 480 valence electrons. The maximum Gasteiger partial charge on any atom is 0.124 e. The summed E-state index contributed by atoms with van der Waals surface area (Å²) >= 11 is 0. The van der Waals surface area contributed by atoms with Crippen molar-refractivity contribution in [1.82, 2.24) is 79.5 Å². The number of aromatic nitrogens is 10. The number of aryl methyl sites for hydroxylation is 3. The first-order chi connectivity index (χ1) is 44.2. The van der Waals surface area contributed by atoms with E-state index in [4.69, 9.17) is 19.9 Å². The number of alkyl halides is 1. The summed E-state index contributed by atoms with van der Waals surface area (Å²) in [5.41, 5.74) is 17.0. The van der Waals surface area contributed by atoms with Crippen molar-refractivity contribution in [2.75, 3.05) is 136 Å². The van der Waals surface area contributed by atoms with Crippen LogP contribution in [0.4, 0.5) is 21.5 Å². The van der Waals surface area contributed by atoms with Crippen molar-refractivity contribution in [1.29, 1.82) is 0 Å². The summed E-state index contributed by atoms with van der Waals surface area (Å²) in [6.07, 6.45) is 12.4. The summed E-state index contributed by atoms with van der Waals surface area (Å²) < 4.78 is 14.9. The molecule has 6 aromatic heterocycles. The molecule has 0 radical (unpaired) electrons. The molecule has 0 aliphatic carbocycles. The highest BCUT2D eigenvalue weighted by Gasteiger charge is 2.39. The number of pyridine rings is 2. The molecule has 0 amide bonds. The van der Waals surface area contributed by atoms with Gasteiger partial charge in [-0.05, 0) is 179 Å². The quantitative estimate of drug-likeness (QED) is 0.125. The Balaban J connectivity index is 0.000000125. The number of nitrogens with one attached hydrogen (secondary N) is 3. The highest BCUT2D eigenvalue weighted by atomic mass is 19.1. The molecule has 91 heavy (non-hydrogen) atoms. The Kier molecular flexibility index (Phi) is 18.8. The molecule has 3 aromatic carbocycles. The van der Waals surface area contributed by atoms with E-state index in [2.05, 4.69) is 210 Å². The minimum Gasteiger partial charge on any atom is -0.367 e. The van der Waals surface area contributed by atoms with Crippen molar-refractivity contribution in [3.63, 3.8) is 0 Å². The zero-order chi connectivity index (χ0) is 62.9. The molecular formula is C71H94FN19. The molecule has 6 aliphatic heterocycles. The molecule has 0 bridgehead atoms. The van der Waals surface area contributed by atoms with Crippen LogP contribution in [0, 0.1) is 20.8 Å². The number of benzene rings is 3. The first-order valence-electron chi connectivity index (χ1n) is 33.4. The fraction of sp³-hybridized carbons (Fsp3) is 0.507.